The van der Waals surface area contributed by atoms with Gasteiger partial charge in [-0.3, -0.25) is 50.7 Å². The predicted molar refractivity (Wildman–Crippen MR) is 97.0 cm³/mol. The molecule has 0 saturated carbocycles. The number of rotatable bonds is 10. The van der Waals surface area contributed by atoms with Gasteiger partial charge in [-0.05, 0) is 20.6 Å². The molecule has 0 spiro atoms. The van der Waals surface area contributed by atoms with Gasteiger partial charge in [0.1, 0.15) is 19.7 Å². The monoisotopic (exact) mass is 508 g/mol. The molecule has 4 heterocycles. The van der Waals surface area contributed by atoms with Gasteiger partial charge >= 0.3 is 12.3 Å². The van der Waals surface area contributed by atoms with E-state index in [0.717, 1.165) is 0 Å². The van der Waals surface area contributed by atoms with E-state index < -0.39 is 67.0 Å². The molecular weight excluding hydrogens is 504 g/mol. The van der Waals surface area contributed by atoms with Crippen LogP contribution in [0.25, 0.3) is 23.0 Å². The summed E-state index contributed by atoms with van der Waals surface area (Å²) < 4.78 is 8.98. The number of nitrogens with one attached hydrogen (secondary N) is 2. The smallest absolute Gasteiger partial charge is 0.258 e. The van der Waals surface area contributed by atoms with Crippen LogP contribution in [-0.4, -0.2) is 70.7 Å². The summed E-state index contributed by atoms with van der Waals surface area (Å²) >= 11 is 0. The van der Waals surface area contributed by atoms with Gasteiger partial charge in [0.25, 0.3) is 11.6 Å². The minimum absolute atomic E-state index is 0.343. The summed E-state index contributed by atoms with van der Waals surface area (Å²) in [5.41, 5.74) is -0.686. The molecule has 0 saturated heterocycles. The molecule has 2 N–H and O–H groups in total. The van der Waals surface area contributed by atoms with E-state index in [1.165, 1.54) is 0 Å². The Bertz CT molecular complexity index is 1360. The maximum Gasteiger partial charge on any atom is 0.509 e. The fourth-order valence-electron chi connectivity index (χ4n) is 2.42. The number of nitro groups is 4. The fraction of sp³-hybridized carbons (Fsp3) is 0.200. The predicted octanol–water partition coefficient (Wildman–Crippen LogP) is -0.458. The Kier molecular flexibility index (Phi) is 5.70. The molecule has 0 radical (unpaired) electrons. The normalized spacial score (nSPS) is 11.5. The van der Waals surface area contributed by atoms with E-state index in [9.17, 15) is 40.5 Å². The maximum atomic E-state index is 10.9. The quantitative estimate of drug-likeness (QED) is 0.118. The summed E-state index contributed by atoms with van der Waals surface area (Å²) in [4.78, 5) is 46.0. The second-order valence-electron chi connectivity index (χ2n) is 6.05. The van der Waals surface area contributed by atoms with Crippen LogP contribution in [0.3, 0.4) is 0 Å². The minimum Gasteiger partial charge on any atom is -0.258 e. The topological polar surface area (TPSA) is 358 Å². The number of nitrogens with zero attached hydrogens (tertiary/aromatic N) is 14. The Morgan fingerprint density at radius 2 is 1.00 bits per heavy atom. The molecule has 0 bridgehead atoms. The van der Waals surface area contributed by atoms with Crippen LogP contribution in [0.4, 0.5) is 11.6 Å². The van der Waals surface area contributed by atoms with Crippen molar-refractivity contribution in [2.24, 2.45) is 10.2 Å². The lowest BCUT2D eigenvalue weighted by Crippen LogP contribution is -2.21. The van der Waals surface area contributed by atoms with Crippen molar-refractivity contribution in [2.45, 2.75) is 12.3 Å². The Labute approximate surface area is 190 Å². The largest absolute Gasteiger partial charge is 0.509 e. The first-order valence-electron chi connectivity index (χ1n) is 8.63. The molecule has 0 aliphatic carbocycles. The highest BCUT2D eigenvalue weighted by Gasteiger charge is 2.40. The molecule has 0 unspecified atom stereocenters. The number of hydrogen-bond donors (Lipinski definition) is 2. The van der Waals surface area contributed by atoms with Crippen LogP contribution in [0, 0.1) is 40.5 Å². The van der Waals surface area contributed by atoms with Crippen molar-refractivity contribution in [3.63, 3.8) is 0 Å². The average molecular weight is 508 g/mol. The van der Waals surface area contributed by atoms with Gasteiger partial charge in [-0.2, -0.15) is 20.2 Å². The highest BCUT2D eigenvalue weighted by Crippen LogP contribution is 2.29. The highest BCUT2D eigenvalue weighted by atomic mass is 16.7. The highest BCUT2D eigenvalue weighted by molar-refractivity contribution is 5.63. The zero-order valence-corrected chi connectivity index (χ0v) is 16.5. The minimum atomic E-state index is -2.43. The third kappa shape index (κ3) is 4.20. The molecule has 0 aliphatic heterocycles. The van der Waals surface area contributed by atoms with E-state index in [2.05, 4.69) is 60.3 Å². The van der Waals surface area contributed by atoms with Gasteiger partial charge in [-0.1, -0.05) is 0 Å². The summed E-state index contributed by atoms with van der Waals surface area (Å²) in [5, 5.41) is 75.8. The van der Waals surface area contributed by atoms with Crippen molar-refractivity contribution in [1.29, 1.82) is 0 Å². The molecule has 184 valence electrons. The number of hydrogen-bond acceptors (Lipinski definition) is 20. The van der Waals surface area contributed by atoms with E-state index >= 15 is 0 Å². The van der Waals surface area contributed by atoms with Crippen molar-refractivity contribution >= 4 is 11.6 Å². The first-order valence-corrected chi connectivity index (χ1v) is 8.63. The first kappa shape index (κ1) is 22.9. The zero-order chi connectivity index (χ0) is 26.0. The maximum absolute atomic E-state index is 10.9. The third-order valence-corrected chi connectivity index (χ3v) is 3.90. The van der Waals surface area contributed by atoms with E-state index in [1.54, 1.807) is 0 Å². The summed E-state index contributed by atoms with van der Waals surface area (Å²) in [5.74, 6) is -3.14. The van der Waals surface area contributed by atoms with Gasteiger partial charge in [-0.15, -0.1) is 10.2 Å². The summed E-state index contributed by atoms with van der Waals surface area (Å²) in [6.07, 6.45) is -4.87. The number of azo groups is 1. The molecule has 0 fully saturated rings. The average Bonchev–Trinajstić information content (AvgIpc) is 3.57. The second kappa shape index (κ2) is 8.95. The molecule has 0 amide bonds. The lowest BCUT2D eigenvalue weighted by Gasteiger charge is -1.96. The molecule has 0 aromatic carbocycles. The van der Waals surface area contributed by atoms with Crippen LogP contribution >= 0.6 is 0 Å². The Morgan fingerprint density at radius 3 is 1.33 bits per heavy atom. The van der Waals surface area contributed by atoms with Crippen LogP contribution in [0.2, 0.25) is 0 Å². The van der Waals surface area contributed by atoms with E-state index in [-0.39, 0.29) is 11.4 Å². The van der Waals surface area contributed by atoms with Crippen molar-refractivity contribution in [3.05, 3.63) is 52.1 Å². The van der Waals surface area contributed by atoms with E-state index in [0.29, 0.717) is 0 Å². The van der Waals surface area contributed by atoms with Gasteiger partial charge in [-0.25, -0.2) is 9.26 Å². The number of H-pyrrole nitrogens is 2. The van der Waals surface area contributed by atoms with Gasteiger partial charge in [0.15, 0.2) is 0 Å². The van der Waals surface area contributed by atoms with Crippen molar-refractivity contribution in [1.82, 2.24) is 51.0 Å². The molecular formula is C10H4N16O10. The summed E-state index contributed by atoms with van der Waals surface area (Å²) in [6.45, 7) is 0. The second-order valence-corrected chi connectivity index (χ2v) is 6.05. The lowest BCUT2D eigenvalue weighted by molar-refractivity contribution is -0.754. The fourth-order valence-corrected chi connectivity index (χ4v) is 2.42. The lowest BCUT2D eigenvalue weighted by atomic mass is 10.4. The van der Waals surface area contributed by atoms with Gasteiger partial charge < -0.3 is 0 Å². The Hall–Kier alpha value is -6.24. The van der Waals surface area contributed by atoms with Gasteiger partial charge in [0.2, 0.25) is 34.7 Å². The van der Waals surface area contributed by atoms with Gasteiger partial charge in [0.05, 0.1) is 0 Å². The molecule has 26 heteroatoms. The molecule has 4 aromatic rings. The zero-order valence-electron chi connectivity index (χ0n) is 16.5. The SMILES string of the molecule is O=[N+]([O-])C(c1nc(-c2nonc2N=Nc2nonc2-c2n[nH]c(C([N+](=O)[O-])[N+](=O)[O-])n2)n[nH]1)[N+](=O)[O-]. The summed E-state index contributed by atoms with van der Waals surface area (Å²) in [7, 11) is 0. The van der Waals surface area contributed by atoms with Crippen LogP contribution in [0.15, 0.2) is 19.5 Å². The Morgan fingerprint density at radius 1 is 0.639 bits per heavy atom. The van der Waals surface area contributed by atoms with Gasteiger partial charge in [0, 0.05) is 0 Å². The van der Waals surface area contributed by atoms with Crippen LogP contribution < -0.4 is 0 Å². The van der Waals surface area contributed by atoms with Crippen LogP contribution in [0.5, 0.6) is 0 Å². The number of aromatic nitrogens is 10. The van der Waals surface area contributed by atoms with Crippen molar-refractivity contribution < 1.29 is 29.0 Å². The van der Waals surface area contributed by atoms with Crippen LogP contribution in [-0.2, 0) is 0 Å². The molecule has 26 nitrogen and oxygen atoms in total. The van der Waals surface area contributed by atoms with Crippen molar-refractivity contribution in [3.8, 4) is 23.0 Å². The van der Waals surface area contributed by atoms with E-state index in [4.69, 9.17) is 0 Å². The molecule has 4 rings (SSSR count). The molecule has 4 aromatic heterocycles. The van der Waals surface area contributed by atoms with Crippen molar-refractivity contribution in [2.75, 3.05) is 0 Å². The van der Waals surface area contributed by atoms with Crippen LogP contribution in [0.1, 0.15) is 24.0 Å². The molecule has 0 aliphatic rings. The molecule has 0 atom stereocenters. The van der Waals surface area contributed by atoms with E-state index in [1.807, 2.05) is 10.2 Å². The number of aromatic amines is 2. The third-order valence-electron chi connectivity index (χ3n) is 3.90. The first-order chi connectivity index (χ1) is 17.2. The standard InChI is InChI=1S/C10H4N16O10/c27-23(28)9(24(29)30)7-11-3(13-17-7)1-5(21-35-19-1)15-16-6-2(20-36-22-6)4-12-8(18-14-4)10(25(31)32)26(33)34/h9-10H,(H,11,13,17)(H,12,14,18). The molecule has 36 heavy (non-hydrogen) atoms. The summed E-state index contributed by atoms with van der Waals surface area (Å²) in [6, 6.07) is 0. The Balaban J connectivity index is 1.60.